The minimum atomic E-state index is 0.243. The van der Waals surface area contributed by atoms with Crippen LogP contribution >= 0.6 is 0 Å². The Bertz CT molecular complexity index is 291. The first kappa shape index (κ1) is 15.8. The molecule has 1 aliphatic heterocycles. The van der Waals surface area contributed by atoms with Gasteiger partial charge in [-0.15, -0.1) is 0 Å². The standard InChI is InChI=1S/C17H32N2O/c1-14(13-16-5-3-4-6-16)17(20)19-11-8-15(9-12-19)7-10-18-2/h14-16,18H,3-13H2,1-2H3. The zero-order valence-electron chi connectivity index (χ0n) is 13.4. The number of nitrogens with one attached hydrogen (secondary N) is 1. The van der Waals surface area contributed by atoms with Gasteiger partial charge < -0.3 is 10.2 Å². The highest BCUT2D eigenvalue weighted by atomic mass is 16.2. The molecule has 0 aromatic rings. The Hall–Kier alpha value is -0.570. The van der Waals surface area contributed by atoms with Gasteiger partial charge in [0.2, 0.25) is 5.91 Å². The molecule has 1 amide bonds. The van der Waals surface area contributed by atoms with Crippen LogP contribution in [-0.2, 0) is 4.79 Å². The van der Waals surface area contributed by atoms with E-state index in [1.165, 1.54) is 44.9 Å². The van der Waals surface area contributed by atoms with Crippen molar-refractivity contribution < 1.29 is 4.79 Å². The summed E-state index contributed by atoms with van der Waals surface area (Å²) in [7, 11) is 2.02. The second-order valence-electron chi connectivity index (χ2n) is 6.95. The highest BCUT2D eigenvalue weighted by Gasteiger charge is 2.28. The van der Waals surface area contributed by atoms with E-state index in [0.717, 1.165) is 37.9 Å². The maximum absolute atomic E-state index is 12.5. The molecule has 116 valence electrons. The molecule has 3 heteroatoms. The smallest absolute Gasteiger partial charge is 0.225 e. The molecule has 1 saturated carbocycles. The molecule has 2 fully saturated rings. The van der Waals surface area contributed by atoms with Gasteiger partial charge in [-0.2, -0.15) is 0 Å². The van der Waals surface area contributed by atoms with E-state index in [-0.39, 0.29) is 5.92 Å². The summed E-state index contributed by atoms with van der Waals surface area (Å²) < 4.78 is 0. The first-order chi connectivity index (χ1) is 9.70. The van der Waals surface area contributed by atoms with Gasteiger partial charge in [-0.3, -0.25) is 4.79 Å². The number of nitrogens with zero attached hydrogens (tertiary/aromatic N) is 1. The van der Waals surface area contributed by atoms with Gasteiger partial charge in [0.05, 0.1) is 0 Å². The Labute approximate surface area is 124 Å². The third-order valence-corrected chi connectivity index (χ3v) is 5.31. The van der Waals surface area contributed by atoms with E-state index < -0.39 is 0 Å². The van der Waals surface area contributed by atoms with Gasteiger partial charge in [0, 0.05) is 19.0 Å². The molecule has 0 spiro atoms. The van der Waals surface area contributed by atoms with Crippen LogP contribution in [0.1, 0.15) is 58.3 Å². The number of likely N-dealkylation sites (tertiary alicyclic amines) is 1. The van der Waals surface area contributed by atoms with Gasteiger partial charge >= 0.3 is 0 Å². The van der Waals surface area contributed by atoms with E-state index in [9.17, 15) is 4.79 Å². The molecular formula is C17H32N2O. The van der Waals surface area contributed by atoms with Crippen LogP contribution in [0.15, 0.2) is 0 Å². The fraction of sp³-hybridized carbons (Fsp3) is 0.941. The van der Waals surface area contributed by atoms with Crippen molar-refractivity contribution in [3.8, 4) is 0 Å². The van der Waals surface area contributed by atoms with E-state index in [0.29, 0.717) is 5.91 Å². The molecule has 1 aliphatic carbocycles. The summed E-state index contributed by atoms with van der Waals surface area (Å²) in [5, 5.41) is 3.23. The van der Waals surface area contributed by atoms with Crippen LogP contribution in [0.3, 0.4) is 0 Å². The monoisotopic (exact) mass is 280 g/mol. The Morgan fingerprint density at radius 2 is 1.80 bits per heavy atom. The number of rotatable bonds is 6. The molecule has 1 heterocycles. The molecular weight excluding hydrogens is 248 g/mol. The maximum atomic E-state index is 12.5. The third kappa shape index (κ3) is 4.47. The average Bonchev–Trinajstić information content (AvgIpc) is 2.97. The lowest BCUT2D eigenvalue weighted by Gasteiger charge is -2.34. The van der Waals surface area contributed by atoms with Crippen LogP contribution in [0.25, 0.3) is 0 Å². The maximum Gasteiger partial charge on any atom is 0.225 e. The predicted molar refractivity (Wildman–Crippen MR) is 83.6 cm³/mol. The summed E-state index contributed by atoms with van der Waals surface area (Å²) in [6, 6.07) is 0. The van der Waals surface area contributed by atoms with E-state index in [1.54, 1.807) is 0 Å². The van der Waals surface area contributed by atoms with Crippen molar-refractivity contribution in [2.45, 2.75) is 58.3 Å². The van der Waals surface area contributed by atoms with Crippen molar-refractivity contribution in [3.05, 3.63) is 0 Å². The third-order valence-electron chi connectivity index (χ3n) is 5.31. The number of hydrogen-bond donors (Lipinski definition) is 1. The fourth-order valence-corrected chi connectivity index (χ4v) is 3.95. The normalized spacial score (nSPS) is 23.2. The number of hydrogen-bond acceptors (Lipinski definition) is 2. The Kier molecular flexibility index (Phi) is 6.34. The van der Waals surface area contributed by atoms with Gasteiger partial charge in [0.15, 0.2) is 0 Å². The largest absolute Gasteiger partial charge is 0.342 e. The molecule has 3 nitrogen and oxygen atoms in total. The quantitative estimate of drug-likeness (QED) is 0.811. The Balaban J connectivity index is 1.70. The zero-order chi connectivity index (χ0) is 14.4. The highest BCUT2D eigenvalue weighted by Crippen LogP contribution is 2.31. The van der Waals surface area contributed by atoms with E-state index in [2.05, 4.69) is 17.1 Å². The first-order valence-electron chi connectivity index (χ1n) is 8.64. The molecule has 1 unspecified atom stereocenters. The summed E-state index contributed by atoms with van der Waals surface area (Å²) in [4.78, 5) is 14.7. The summed E-state index contributed by atoms with van der Waals surface area (Å²) >= 11 is 0. The first-order valence-corrected chi connectivity index (χ1v) is 8.64. The SMILES string of the molecule is CNCCC1CCN(C(=O)C(C)CC2CCCC2)CC1. The lowest BCUT2D eigenvalue weighted by Crippen LogP contribution is -2.41. The number of carbonyl (C=O) groups is 1. The van der Waals surface area contributed by atoms with Crippen LogP contribution in [0.5, 0.6) is 0 Å². The van der Waals surface area contributed by atoms with Crippen molar-refractivity contribution in [1.29, 1.82) is 0 Å². The average molecular weight is 280 g/mol. The zero-order valence-corrected chi connectivity index (χ0v) is 13.4. The molecule has 0 aromatic carbocycles. The highest BCUT2D eigenvalue weighted by molar-refractivity contribution is 5.78. The Morgan fingerprint density at radius 1 is 1.15 bits per heavy atom. The molecule has 0 bridgehead atoms. The fourth-order valence-electron chi connectivity index (χ4n) is 3.95. The molecule has 0 aromatic heterocycles. The van der Waals surface area contributed by atoms with Crippen LogP contribution in [-0.4, -0.2) is 37.5 Å². The summed E-state index contributed by atoms with van der Waals surface area (Å²) in [5.74, 6) is 2.30. The molecule has 20 heavy (non-hydrogen) atoms. The summed E-state index contributed by atoms with van der Waals surface area (Å²) in [6.07, 6.45) is 10.2. The molecule has 1 atom stereocenters. The van der Waals surface area contributed by atoms with Crippen molar-refractivity contribution >= 4 is 5.91 Å². The molecule has 2 aliphatic rings. The molecule has 0 radical (unpaired) electrons. The van der Waals surface area contributed by atoms with Crippen molar-refractivity contribution in [1.82, 2.24) is 10.2 Å². The van der Waals surface area contributed by atoms with Gasteiger partial charge in [-0.25, -0.2) is 0 Å². The predicted octanol–water partition coefficient (Wildman–Crippen LogP) is 3.05. The number of carbonyl (C=O) groups excluding carboxylic acids is 1. The molecule has 1 saturated heterocycles. The number of amides is 1. The van der Waals surface area contributed by atoms with Crippen molar-refractivity contribution in [2.75, 3.05) is 26.7 Å². The van der Waals surface area contributed by atoms with Gasteiger partial charge in [0.1, 0.15) is 0 Å². The molecule has 2 rings (SSSR count). The van der Waals surface area contributed by atoms with Gasteiger partial charge in [-0.1, -0.05) is 32.6 Å². The van der Waals surface area contributed by atoms with E-state index in [4.69, 9.17) is 0 Å². The Morgan fingerprint density at radius 3 is 2.40 bits per heavy atom. The van der Waals surface area contributed by atoms with Crippen LogP contribution in [0.2, 0.25) is 0 Å². The van der Waals surface area contributed by atoms with Crippen LogP contribution in [0, 0.1) is 17.8 Å². The van der Waals surface area contributed by atoms with E-state index in [1.807, 2.05) is 7.05 Å². The summed E-state index contributed by atoms with van der Waals surface area (Å²) in [6.45, 7) is 5.23. The van der Waals surface area contributed by atoms with Gasteiger partial charge in [0.25, 0.3) is 0 Å². The van der Waals surface area contributed by atoms with E-state index >= 15 is 0 Å². The van der Waals surface area contributed by atoms with Crippen molar-refractivity contribution in [3.63, 3.8) is 0 Å². The second kappa shape index (κ2) is 8.02. The lowest BCUT2D eigenvalue weighted by molar-refractivity contribution is -0.137. The minimum absolute atomic E-state index is 0.243. The molecule has 1 N–H and O–H groups in total. The van der Waals surface area contributed by atoms with Crippen molar-refractivity contribution in [2.24, 2.45) is 17.8 Å². The van der Waals surface area contributed by atoms with Gasteiger partial charge in [-0.05, 0) is 51.1 Å². The minimum Gasteiger partial charge on any atom is -0.342 e. The number of piperidine rings is 1. The summed E-state index contributed by atoms with van der Waals surface area (Å²) in [5.41, 5.74) is 0. The van der Waals surface area contributed by atoms with Crippen LogP contribution in [0.4, 0.5) is 0 Å². The lowest BCUT2D eigenvalue weighted by atomic mass is 9.90. The van der Waals surface area contributed by atoms with Crippen LogP contribution < -0.4 is 5.32 Å². The topological polar surface area (TPSA) is 32.3 Å². The second-order valence-corrected chi connectivity index (χ2v) is 6.95.